The van der Waals surface area contributed by atoms with Gasteiger partial charge in [0, 0.05) is 18.4 Å². The van der Waals surface area contributed by atoms with Gasteiger partial charge in [0.2, 0.25) is 5.91 Å². The molecule has 1 unspecified atom stereocenters. The van der Waals surface area contributed by atoms with Gasteiger partial charge in [-0.25, -0.2) is 4.79 Å². The number of carbonyl (C=O) groups is 3. The molecular formula is C18H25NO5. The molecule has 1 aromatic rings. The Labute approximate surface area is 142 Å². The molecule has 6 nitrogen and oxygen atoms in total. The van der Waals surface area contributed by atoms with Crippen LogP contribution in [0.5, 0.6) is 5.75 Å². The minimum absolute atomic E-state index is 0.0338. The van der Waals surface area contributed by atoms with E-state index in [-0.39, 0.29) is 24.5 Å². The second-order valence-electron chi connectivity index (χ2n) is 5.97. The minimum Gasteiger partial charge on any atom is -0.494 e. The Kier molecular flexibility index (Phi) is 7.95. The zero-order valence-corrected chi connectivity index (χ0v) is 14.4. The van der Waals surface area contributed by atoms with E-state index >= 15 is 0 Å². The van der Waals surface area contributed by atoms with Crippen LogP contribution in [0.25, 0.3) is 0 Å². The lowest BCUT2D eigenvalue weighted by atomic mass is 10.0. The zero-order valence-electron chi connectivity index (χ0n) is 14.4. The first-order valence-electron chi connectivity index (χ1n) is 8.11. The van der Waals surface area contributed by atoms with Gasteiger partial charge in [0.05, 0.1) is 6.61 Å². The molecule has 0 radical (unpaired) electrons. The van der Waals surface area contributed by atoms with Crippen molar-refractivity contribution in [2.24, 2.45) is 5.92 Å². The van der Waals surface area contributed by atoms with Crippen molar-refractivity contribution in [2.45, 2.75) is 46.1 Å². The van der Waals surface area contributed by atoms with Gasteiger partial charge < -0.3 is 15.2 Å². The van der Waals surface area contributed by atoms with Crippen LogP contribution in [-0.4, -0.2) is 35.4 Å². The van der Waals surface area contributed by atoms with Crippen LogP contribution in [0.2, 0.25) is 0 Å². The molecule has 0 heterocycles. The lowest BCUT2D eigenvalue weighted by Gasteiger charge is -2.16. The fourth-order valence-electron chi connectivity index (χ4n) is 2.23. The van der Waals surface area contributed by atoms with E-state index in [1.54, 1.807) is 24.3 Å². The number of aliphatic carboxylic acids is 1. The summed E-state index contributed by atoms with van der Waals surface area (Å²) in [5, 5.41) is 11.6. The van der Waals surface area contributed by atoms with Gasteiger partial charge in [-0.05, 0) is 43.5 Å². The van der Waals surface area contributed by atoms with E-state index in [1.165, 1.54) is 0 Å². The molecule has 2 N–H and O–H groups in total. The Bertz CT molecular complexity index is 565. The molecule has 132 valence electrons. The molecule has 1 atom stereocenters. The number of ketones is 1. The topological polar surface area (TPSA) is 92.7 Å². The monoisotopic (exact) mass is 335 g/mol. The molecule has 1 aromatic carbocycles. The van der Waals surface area contributed by atoms with Crippen molar-refractivity contribution in [1.82, 2.24) is 5.32 Å². The number of carboxylic acids is 1. The summed E-state index contributed by atoms with van der Waals surface area (Å²) < 4.78 is 5.31. The van der Waals surface area contributed by atoms with Gasteiger partial charge in [-0.3, -0.25) is 9.59 Å². The van der Waals surface area contributed by atoms with Crippen LogP contribution in [0.15, 0.2) is 24.3 Å². The van der Waals surface area contributed by atoms with Gasteiger partial charge in [0.15, 0.2) is 5.78 Å². The predicted molar refractivity (Wildman–Crippen MR) is 90.2 cm³/mol. The first-order chi connectivity index (χ1) is 11.3. The van der Waals surface area contributed by atoms with Gasteiger partial charge in [-0.1, -0.05) is 13.8 Å². The third kappa shape index (κ3) is 6.81. The van der Waals surface area contributed by atoms with Crippen LogP contribution in [0.4, 0.5) is 0 Å². The molecule has 0 aliphatic rings. The number of amides is 1. The first-order valence-corrected chi connectivity index (χ1v) is 8.11. The third-order valence-electron chi connectivity index (χ3n) is 3.41. The van der Waals surface area contributed by atoms with E-state index in [1.807, 2.05) is 20.8 Å². The molecule has 6 heteroatoms. The lowest BCUT2D eigenvalue weighted by Crippen LogP contribution is -2.41. The second kappa shape index (κ2) is 9.70. The molecule has 1 amide bonds. The summed E-state index contributed by atoms with van der Waals surface area (Å²) >= 11 is 0. The molecule has 0 bridgehead atoms. The SMILES string of the molecule is CCOc1ccc(C(=O)CCC(=O)NC(CC(C)C)C(=O)O)cc1. The van der Waals surface area contributed by atoms with E-state index in [4.69, 9.17) is 9.84 Å². The maximum absolute atomic E-state index is 12.1. The summed E-state index contributed by atoms with van der Waals surface area (Å²) in [5.74, 6) is -0.817. The average Bonchev–Trinajstić information content (AvgIpc) is 2.52. The highest BCUT2D eigenvalue weighted by atomic mass is 16.5. The lowest BCUT2D eigenvalue weighted by molar-refractivity contribution is -0.142. The molecule has 0 aliphatic carbocycles. The van der Waals surface area contributed by atoms with Crippen LogP contribution in [-0.2, 0) is 9.59 Å². The number of nitrogens with one attached hydrogen (secondary N) is 1. The highest BCUT2D eigenvalue weighted by molar-refractivity contribution is 5.98. The van der Waals surface area contributed by atoms with Crippen LogP contribution in [0.3, 0.4) is 0 Å². The summed E-state index contributed by atoms with van der Waals surface area (Å²) in [6.45, 7) is 6.20. The average molecular weight is 335 g/mol. The molecule has 0 aromatic heterocycles. The number of Topliss-reactive ketones (excluding diaryl/α,β-unsaturated/α-hetero) is 1. The predicted octanol–water partition coefficient (Wildman–Crippen LogP) is 2.66. The van der Waals surface area contributed by atoms with Gasteiger partial charge in [-0.15, -0.1) is 0 Å². The number of carboxylic acid groups (broad SMARTS) is 1. The Balaban J connectivity index is 2.50. The molecule has 0 spiro atoms. The highest BCUT2D eigenvalue weighted by Gasteiger charge is 2.21. The molecular weight excluding hydrogens is 310 g/mol. The van der Waals surface area contributed by atoms with Crippen LogP contribution >= 0.6 is 0 Å². The number of carbonyl (C=O) groups excluding carboxylic acids is 2. The molecule has 0 aliphatic heterocycles. The first kappa shape index (κ1) is 19.7. The summed E-state index contributed by atoms with van der Waals surface area (Å²) in [7, 11) is 0. The van der Waals surface area contributed by atoms with Crippen LogP contribution < -0.4 is 10.1 Å². The van der Waals surface area contributed by atoms with E-state index in [0.29, 0.717) is 24.3 Å². The van der Waals surface area contributed by atoms with E-state index in [0.717, 1.165) is 0 Å². The molecule has 0 fully saturated rings. The van der Waals surface area contributed by atoms with Crippen molar-refractivity contribution in [1.29, 1.82) is 0 Å². The fourth-order valence-corrected chi connectivity index (χ4v) is 2.23. The largest absolute Gasteiger partial charge is 0.494 e. The van der Waals surface area contributed by atoms with Crippen molar-refractivity contribution in [2.75, 3.05) is 6.61 Å². The van der Waals surface area contributed by atoms with E-state index in [2.05, 4.69) is 5.32 Å². The summed E-state index contributed by atoms with van der Waals surface area (Å²) in [4.78, 5) is 35.1. The number of hydrogen-bond acceptors (Lipinski definition) is 4. The summed E-state index contributed by atoms with van der Waals surface area (Å²) in [6.07, 6.45) is 0.357. The van der Waals surface area contributed by atoms with Gasteiger partial charge in [0.1, 0.15) is 11.8 Å². The molecule has 1 rings (SSSR count). The van der Waals surface area contributed by atoms with Gasteiger partial charge in [0.25, 0.3) is 0 Å². The van der Waals surface area contributed by atoms with Crippen LogP contribution in [0.1, 0.15) is 50.4 Å². The standard InChI is InChI=1S/C18H25NO5/c1-4-24-14-7-5-13(6-8-14)16(20)9-10-17(21)19-15(18(22)23)11-12(2)3/h5-8,12,15H,4,9-11H2,1-3H3,(H,19,21)(H,22,23). The highest BCUT2D eigenvalue weighted by Crippen LogP contribution is 2.14. The van der Waals surface area contributed by atoms with Crippen molar-refractivity contribution >= 4 is 17.7 Å². The maximum Gasteiger partial charge on any atom is 0.326 e. The molecule has 24 heavy (non-hydrogen) atoms. The van der Waals surface area contributed by atoms with E-state index in [9.17, 15) is 14.4 Å². The molecule has 0 saturated carbocycles. The number of ether oxygens (including phenoxy) is 1. The number of benzene rings is 1. The fraction of sp³-hybridized carbons (Fsp3) is 0.500. The second-order valence-corrected chi connectivity index (χ2v) is 5.97. The Morgan fingerprint density at radius 3 is 2.25 bits per heavy atom. The number of rotatable bonds is 10. The zero-order chi connectivity index (χ0) is 18.1. The Morgan fingerprint density at radius 2 is 1.75 bits per heavy atom. The maximum atomic E-state index is 12.1. The normalized spacial score (nSPS) is 11.8. The Morgan fingerprint density at radius 1 is 1.12 bits per heavy atom. The van der Waals surface area contributed by atoms with Crippen molar-refractivity contribution in [3.8, 4) is 5.75 Å². The summed E-state index contributed by atoms with van der Waals surface area (Å²) in [5.41, 5.74) is 0.503. The van der Waals surface area contributed by atoms with Gasteiger partial charge in [-0.2, -0.15) is 0 Å². The smallest absolute Gasteiger partial charge is 0.326 e. The minimum atomic E-state index is -1.06. The van der Waals surface area contributed by atoms with Crippen LogP contribution in [0, 0.1) is 5.92 Å². The summed E-state index contributed by atoms with van der Waals surface area (Å²) in [6, 6.07) is 5.81. The van der Waals surface area contributed by atoms with Crippen molar-refractivity contribution in [3.63, 3.8) is 0 Å². The Hall–Kier alpha value is -2.37. The van der Waals surface area contributed by atoms with Gasteiger partial charge >= 0.3 is 5.97 Å². The number of hydrogen-bond donors (Lipinski definition) is 2. The van der Waals surface area contributed by atoms with E-state index < -0.39 is 17.9 Å². The third-order valence-corrected chi connectivity index (χ3v) is 3.41. The molecule has 0 saturated heterocycles. The van der Waals surface area contributed by atoms with Crippen molar-refractivity contribution < 1.29 is 24.2 Å². The van der Waals surface area contributed by atoms with Crippen molar-refractivity contribution in [3.05, 3.63) is 29.8 Å². The quantitative estimate of drug-likeness (QED) is 0.641.